The lowest BCUT2D eigenvalue weighted by atomic mass is 10.1. The molecule has 18 heavy (non-hydrogen) atoms. The van der Waals surface area contributed by atoms with Gasteiger partial charge in [-0.1, -0.05) is 6.07 Å². The maximum Gasteiger partial charge on any atom is 0.120 e. The van der Waals surface area contributed by atoms with Crippen molar-refractivity contribution in [3.63, 3.8) is 0 Å². The number of methoxy groups -OCH3 is 1. The van der Waals surface area contributed by atoms with Gasteiger partial charge in [-0.3, -0.25) is 0 Å². The number of ether oxygens (including phenoxy) is 1. The van der Waals surface area contributed by atoms with Gasteiger partial charge < -0.3 is 20.9 Å². The van der Waals surface area contributed by atoms with E-state index in [0.717, 1.165) is 17.0 Å². The van der Waals surface area contributed by atoms with Crippen molar-refractivity contribution in [2.75, 3.05) is 18.2 Å². The van der Waals surface area contributed by atoms with Crippen LogP contribution in [0, 0.1) is 0 Å². The highest BCUT2D eigenvalue weighted by molar-refractivity contribution is 5.52. The van der Waals surface area contributed by atoms with E-state index in [1.165, 1.54) is 0 Å². The van der Waals surface area contributed by atoms with Gasteiger partial charge in [0.25, 0.3) is 0 Å². The van der Waals surface area contributed by atoms with E-state index >= 15 is 0 Å². The molecule has 0 amide bonds. The van der Waals surface area contributed by atoms with E-state index in [0.29, 0.717) is 12.2 Å². The van der Waals surface area contributed by atoms with Gasteiger partial charge in [-0.2, -0.15) is 0 Å². The molecule has 0 saturated heterocycles. The summed E-state index contributed by atoms with van der Waals surface area (Å²) in [5, 5.41) is 12.9. The Morgan fingerprint density at radius 2 is 2.06 bits per heavy atom. The monoisotopic (exact) mass is 244 g/mol. The van der Waals surface area contributed by atoms with Crippen LogP contribution in [0.4, 0.5) is 11.4 Å². The van der Waals surface area contributed by atoms with Gasteiger partial charge in [0.1, 0.15) is 11.5 Å². The molecule has 4 N–H and O–H groups in total. The highest BCUT2D eigenvalue weighted by Crippen LogP contribution is 2.22. The molecule has 4 nitrogen and oxygen atoms in total. The molecule has 0 atom stereocenters. The van der Waals surface area contributed by atoms with Crippen molar-refractivity contribution >= 4 is 11.4 Å². The fraction of sp³-hybridized carbons (Fsp3) is 0.143. The number of nitrogens with two attached hydrogens (primary N) is 1. The fourth-order valence-corrected chi connectivity index (χ4v) is 1.68. The second-order valence-corrected chi connectivity index (χ2v) is 3.97. The zero-order valence-corrected chi connectivity index (χ0v) is 10.2. The summed E-state index contributed by atoms with van der Waals surface area (Å²) >= 11 is 0. The summed E-state index contributed by atoms with van der Waals surface area (Å²) in [6.07, 6.45) is 0. The third kappa shape index (κ3) is 2.85. The van der Waals surface area contributed by atoms with E-state index in [4.69, 9.17) is 10.5 Å². The van der Waals surface area contributed by atoms with Crippen molar-refractivity contribution in [3.05, 3.63) is 48.0 Å². The van der Waals surface area contributed by atoms with Crippen LogP contribution in [0.5, 0.6) is 11.5 Å². The largest absolute Gasteiger partial charge is 0.508 e. The molecule has 0 aliphatic rings. The number of aromatic hydroxyl groups is 1. The van der Waals surface area contributed by atoms with Crippen LogP contribution in [0.15, 0.2) is 42.5 Å². The van der Waals surface area contributed by atoms with Crippen LogP contribution in [-0.4, -0.2) is 12.2 Å². The molecule has 4 heteroatoms. The molecular weight excluding hydrogens is 228 g/mol. The summed E-state index contributed by atoms with van der Waals surface area (Å²) in [5.74, 6) is 1.02. The van der Waals surface area contributed by atoms with Crippen molar-refractivity contribution in [1.29, 1.82) is 0 Å². The molecule has 2 aromatic rings. The van der Waals surface area contributed by atoms with Crippen molar-refractivity contribution in [1.82, 2.24) is 0 Å². The average molecular weight is 244 g/mol. The minimum Gasteiger partial charge on any atom is -0.508 e. The lowest BCUT2D eigenvalue weighted by Crippen LogP contribution is -2.00. The van der Waals surface area contributed by atoms with E-state index in [1.54, 1.807) is 25.3 Å². The van der Waals surface area contributed by atoms with Crippen LogP contribution < -0.4 is 15.8 Å². The van der Waals surface area contributed by atoms with E-state index in [2.05, 4.69) is 5.32 Å². The third-order valence-corrected chi connectivity index (χ3v) is 2.66. The van der Waals surface area contributed by atoms with Crippen LogP contribution in [0.25, 0.3) is 0 Å². The molecule has 94 valence electrons. The van der Waals surface area contributed by atoms with Crippen molar-refractivity contribution in [2.24, 2.45) is 0 Å². The van der Waals surface area contributed by atoms with Gasteiger partial charge in [0.15, 0.2) is 0 Å². The van der Waals surface area contributed by atoms with E-state index in [-0.39, 0.29) is 5.75 Å². The second-order valence-electron chi connectivity index (χ2n) is 3.97. The number of benzene rings is 2. The lowest BCUT2D eigenvalue weighted by molar-refractivity contribution is 0.415. The number of anilines is 2. The predicted octanol–water partition coefficient (Wildman–Crippen LogP) is 2.60. The zero-order chi connectivity index (χ0) is 13.0. The van der Waals surface area contributed by atoms with Gasteiger partial charge in [-0.15, -0.1) is 0 Å². The molecule has 0 heterocycles. The molecule has 0 spiro atoms. The van der Waals surface area contributed by atoms with Crippen LogP contribution in [0.3, 0.4) is 0 Å². The first-order valence-corrected chi connectivity index (χ1v) is 5.64. The van der Waals surface area contributed by atoms with Gasteiger partial charge >= 0.3 is 0 Å². The Morgan fingerprint density at radius 1 is 1.22 bits per heavy atom. The average Bonchev–Trinajstić information content (AvgIpc) is 2.40. The first kappa shape index (κ1) is 12.1. The molecule has 0 aliphatic carbocycles. The maximum absolute atomic E-state index is 9.69. The summed E-state index contributed by atoms with van der Waals surface area (Å²) in [6, 6.07) is 12.6. The maximum atomic E-state index is 9.69. The highest BCUT2D eigenvalue weighted by atomic mass is 16.5. The normalized spacial score (nSPS) is 10.1. The Bertz CT molecular complexity index is 541. The Kier molecular flexibility index (Phi) is 3.57. The number of rotatable bonds is 4. The SMILES string of the molecule is COc1cccc(NCc2cc(N)ccc2O)c1. The Balaban J connectivity index is 2.08. The van der Waals surface area contributed by atoms with E-state index in [1.807, 2.05) is 24.3 Å². The summed E-state index contributed by atoms with van der Waals surface area (Å²) in [6.45, 7) is 0.504. The van der Waals surface area contributed by atoms with Crippen LogP contribution in [0.2, 0.25) is 0 Å². The zero-order valence-electron chi connectivity index (χ0n) is 10.2. The first-order chi connectivity index (χ1) is 8.69. The molecule has 0 radical (unpaired) electrons. The smallest absolute Gasteiger partial charge is 0.120 e. The number of nitrogen functional groups attached to an aromatic ring is 1. The van der Waals surface area contributed by atoms with Crippen molar-refractivity contribution in [2.45, 2.75) is 6.54 Å². The topological polar surface area (TPSA) is 67.5 Å². The van der Waals surface area contributed by atoms with Gasteiger partial charge in [0, 0.05) is 29.5 Å². The molecular formula is C14H16N2O2. The van der Waals surface area contributed by atoms with Crippen LogP contribution in [-0.2, 0) is 6.54 Å². The Hall–Kier alpha value is -2.36. The number of nitrogens with one attached hydrogen (secondary N) is 1. The van der Waals surface area contributed by atoms with Crippen molar-refractivity contribution in [3.8, 4) is 11.5 Å². The summed E-state index contributed by atoms with van der Waals surface area (Å²) in [4.78, 5) is 0. The van der Waals surface area contributed by atoms with Gasteiger partial charge in [-0.25, -0.2) is 0 Å². The molecule has 0 saturated carbocycles. The Morgan fingerprint density at radius 3 is 2.83 bits per heavy atom. The van der Waals surface area contributed by atoms with Gasteiger partial charge in [0.05, 0.1) is 7.11 Å². The lowest BCUT2D eigenvalue weighted by Gasteiger charge is -2.10. The minimum atomic E-state index is 0.236. The third-order valence-electron chi connectivity index (χ3n) is 2.66. The standard InChI is InChI=1S/C14H16N2O2/c1-18-13-4-2-3-12(8-13)16-9-10-7-11(15)5-6-14(10)17/h2-8,16-17H,9,15H2,1H3. The molecule has 0 aliphatic heterocycles. The van der Waals surface area contributed by atoms with Crippen molar-refractivity contribution < 1.29 is 9.84 Å². The van der Waals surface area contributed by atoms with Crippen LogP contribution in [0.1, 0.15) is 5.56 Å². The molecule has 0 aromatic heterocycles. The van der Waals surface area contributed by atoms with E-state index in [9.17, 15) is 5.11 Å². The fourth-order valence-electron chi connectivity index (χ4n) is 1.68. The molecule has 2 rings (SSSR count). The summed E-state index contributed by atoms with van der Waals surface area (Å²) in [7, 11) is 1.63. The minimum absolute atomic E-state index is 0.236. The molecule has 2 aromatic carbocycles. The van der Waals surface area contributed by atoms with Crippen LogP contribution >= 0.6 is 0 Å². The summed E-state index contributed by atoms with van der Waals surface area (Å²) < 4.78 is 5.14. The number of phenols is 1. The number of phenolic OH excluding ortho intramolecular Hbond substituents is 1. The predicted molar refractivity (Wildman–Crippen MR) is 72.8 cm³/mol. The highest BCUT2D eigenvalue weighted by Gasteiger charge is 2.02. The van der Waals surface area contributed by atoms with Gasteiger partial charge in [-0.05, 0) is 30.3 Å². The molecule has 0 unspecified atom stereocenters. The number of hydrogen-bond donors (Lipinski definition) is 3. The Labute approximate surface area is 106 Å². The number of hydrogen-bond acceptors (Lipinski definition) is 4. The van der Waals surface area contributed by atoms with Gasteiger partial charge in [0.2, 0.25) is 0 Å². The molecule has 0 fully saturated rings. The molecule has 0 bridgehead atoms. The second kappa shape index (κ2) is 5.31. The quantitative estimate of drug-likeness (QED) is 0.571. The summed E-state index contributed by atoms with van der Waals surface area (Å²) in [5.41, 5.74) is 8.01. The van der Waals surface area contributed by atoms with E-state index < -0.39 is 0 Å². The first-order valence-electron chi connectivity index (χ1n) is 5.64.